The fourth-order valence-electron chi connectivity index (χ4n) is 2.17. The highest BCUT2D eigenvalue weighted by Crippen LogP contribution is 2.20. The first-order valence-electron chi connectivity index (χ1n) is 5.95. The zero-order chi connectivity index (χ0) is 14.0. The summed E-state index contributed by atoms with van der Waals surface area (Å²) in [5.41, 5.74) is -0.393. The molecule has 0 radical (unpaired) electrons. The van der Waals surface area contributed by atoms with Gasteiger partial charge in [0.1, 0.15) is 11.6 Å². The van der Waals surface area contributed by atoms with E-state index in [1.54, 1.807) is 0 Å². The third-order valence-electron chi connectivity index (χ3n) is 3.17. The molecule has 4 nitrogen and oxygen atoms in total. The molecule has 1 fully saturated rings. The molecule has 0 saturated carbocycles. The molecule has 1 aromatic rings. The Hall–Kier alpha value is -1.05. The summed E-state index contributed by atoms with van der Waals surface area (Å²) >= 11 is 0. The Kier molecular flexibility index (Phi) is 4.17. The molecule has 2 rings (SSSR count). The van der Waals surface area contributed by atoms with E-state index in [4.69, 9.17) is 0 Å². The van der Waals surface area contributed by atoms with Gasteiger partial charge in [-0.3, -0.25) is 0 Å². The van der Waals surface area contributed by atoms with Gasteiger partial charge in [0.25, 0.3) is 0 Å². The standard InChI is InChI=1S/C12H15F2NO3S/c13-9-2-1-3-10(14)12(9)11(16)6-15-8-4-5-19(17,18)7-8/h1-3,8,11,15-16H,4-7H2. The van der Waals surface area contributed by atoms with Crippen molar-refractivity contribution < 1.29 is 22.3 Å². The molecule has 1 aliphatic rings. The number of hydrogen-bond acceptors (Lipinski definition) is 4. The van der Waals surface area contributed by atoms with Crippen molar-refractivity contribution in [1.82, 2.24) is 5.32 Å². The van der Waals surface area contributed by atoms with Crippen molar-refractivity contribution in [2.45, 2.75) is 18.6 Å². The van der Waals surface area contributed by atoms with E-state index in [2.05, 4.69) is 5.32 Å². The summed E-state index contributed by atoms with van der Waals surface area (Å²) in [4.78, 5) is 0. The van der Waals surface area contributed by atoms with E-state index in [0.717, 1.165) is 12.1 Å². The molecule has 1 heterocycles. The Balaban J connectivity index is 1.97. The van der Waals surface area contributed by atoms with Crippen molar-refractivity contribution in [3.63, 3.8) is 0 Å². The van der Waals surface area contributed by atoms with Crippen LogP contribution in [-0.4, -0.2) is 37.6 Å². The van der Waals surface area contributed by atoms with Crippen LogP contribution >= 0.6 is 0 Å². The van der Waals surface area contributed by atoms with Gasteiger partial charge < -0.3 is 10.4 Å². The van der Waals surface area contributed by atoms with Crippen LogP contribution < -0.4 is 5.32 Å². The number of nitrogens with one attached hydrogen (secondary N) is 1. The molecule has 0 aromatic heterocycles. The van der Waals surface area contributed by atoms with Crippen molar-refractivity contribution in [3.05, 3.63) is 35.4 Å². The van der Waals surface area contributed by atoms with Crippen LogP contribution in [0.5, 0.6) is 0 Å². The van der Waals surface area contributed by atoms with Gasteiger partial charge >= 0.3 is 0 Å². The molecule has 0 bridgehead atoms. The van der Waals surface area contributed by atoms with Crippen LogP contribution in [0.15, 0.2) is 18.2 Å². The second-order valence-corrected chi connectivity index (χ2v) is 6.89. The summed E-state index contributed by atoms with van der Waals surface area (Å²) in [7, 11) is -3.02. The number of hydrogen-bond donors (Lipinski definition) is 2. The van der Waals surface area contributed by atoms with E-state index in [1.165, 1.54) is 6.07 Å². The van der Waals surface area contributed by atoms with Crippen LogP contribution in [0, 0.1) is 11.6 Å². The van der Waals surface area contributed by atoms with E-state index in [-0.39, 0.29) is 24.1 Å². The number of rotatable bonds is 4. The van der Waals surface area contributed by atoms with Gasteiger partial charge in [0.2, 0.25) is 0 Å². The third-order valence-corrected chi connectivity index (χ3v) is 4.93. The lowest BCUT2D eigenvalue weighted by molar-refractivity contribution is 0.161. The minimum atomic E-state index is -3.02. The Morgan fingerprint density at radius 3 is 2.53 bits per heavy atom. The maximum Gasteiger partial charge on any atom is 0.151 e. The highest BCUT2D eigenvalue weighted by molar-refractivity contribution is 7.91. The smallest absolute Gasteiger partial charge is 0.151 e. The summed E-state index contributed by atoms with van der Waals surface area (Å²) in [5, 5.41) is 12.6. The molecule has 1 saturated heterocycles. The van der Waals surface area contributed by atoms with E-state index in [0.29, 0.717) is 6.42 Å². The lowest BCUT2D eigenvalue weighted by Gasteiger charge is -2.16. The van der Waals surface area contributed by atoms with Gasteiger partial charge in [-0.25, -0.2) is 17.2 Å². The molecule has 0 amide bonds. The van der Waals surface area contributed by atoms with Gasteiger partial charge in [-0.2, -0.15) is 0 Å². The monoisotopic (exact) mass is 291 g/mol. The topological polar surface area (TPSA) is 66.4 Å². The highest BCUT2D eigenvalue weighted by atomic mass is 32.2. The predicted octanol–water partition coefficient (Wildman–Crippen LogP) is 0.775. The van der Waals surface area contributed by atoms with Crippen molar-refractivity contribution >= 4 is 9.84 Å². The summed E-state index contributed by atoms with van der Waals surface area (Å²) in [5.74, 6) is -1.52. The van der Waals surface area contributed by atoms with Crippen molar-refractivity contribution in [1.29, 1.82) is 0 Å². The molecule has 19 heavy (non-hydrogen) atoms. The molecule has 2 unspecified atom stereocenters. The molecular formula is C12H15F2NO3S. The molecular weight excluding hydrogens is 276 g/mol. The number of aliphatic hydroxyl groups excluding tert-OH is 1. The lowest BCUT2D eigenvalue weighted by Crippen LogP contribution is -2.34. The van der Waals surface area contributed by atoms with Crippen molar-refractivity contribution in [3.8, 4) is 0 Å². The summed E-state index contributed by atoms with van der Waals surface area (Å²) in [6.45, 7) is -0.0853. The van der Waals surface area contributed by atoms with Gasteiger partial charge in [-0.1, -0.05) is 6.07 Å². The second kappa shape index (κ2) is 5.52. The van der Waals surface area contributed by atoms with Crippen LogP contribution in [0.2, 0.25) is 0 Å². The van der Waals surface area contributed by atoms with E-state index in [1.807, 2.05) is 0 Å². The molecule has 2 N–H and O–H groups in total. The normalized spacial score (nSPS) is 23.4. The fourth-order valence-corrected chi connectivity index (χ4v) is 3.87. The molecule has 0 spiro atoms. The Morgan fingerprint density at radius 1 is 1.37 bits per heavy atom. The highest BCUT2D eigenvalue weighted by Gasteiger charge is 2.28. The summed E-state index contributed by atoms with van der Waals surface area (Å²) in [6.07, 6.45) is -0.890. The molecule has 7 heteroatoms. The summed E-state index contributed by atoms with van der Waals surface area (Å²) < 4.78 is 49.3. The minimum absolute atomic E-state index is 0.000522. The maximum absolute atomic E-state index is 13.4. The van der Waals surface area contributed by atoms with Crippen LogP contribution in [0.25, 0.3) is 0 Å². The first kappa shape index (κ1) is 14.4. The first-order valence-corrected chi connectivity index (χ1v) is 7.77. The van der Waals surface area contributed by atoms with Gasteiger partial charge in [-0.15, -0.1) is 0 Å². The Morgan fingerprint density at radius 2 is 2.00 bits per heavy atom. The number of benzene rings is 1. The van der Waals surface area contributed by atoms with Gasteiger partial charge in [-0.05, 0) is 18.6 Å². The van der Waals surface area contributed by atoms with Gasteiger partial charge in [0.15, 0.2) is 9.84 Å². The van der Waals surface area contributed by atoms with Crippen LogP contribution in [0.3, 0.4) is 0 Å². The van der Waals surface area contributed by atoms with Crippen molar-refractivity contribution in [2.75, 3.05) is 18.1 Å². The van der Waals surface area contributed by atoms with Crippen molar-refractivity contribution in [2.24, 2.45) is 0 Å². The van der Waals surface area contributed by atoms with Crippen LogP contribution in [0.4, 0.5) is 8.78 Å². The van der Waals surface area contributed by atoms with E-state index >= 15 is 0 Å². The average Bonchev–Trinajstić information content (AvgIpc) is 2.66. The van der Waals surface area contributed by atoms with E-state index < -0.39 is 33.1 Å². The third kappa shape index (κ3) is 3.49. The fraction of sp³-hybridized carbons (Fsp3) is 0.500. The van der Waals surface area contributed by atoms with E-state index in [9.17, 15) is 22.3 Å². The maximum atomic E-state index is 13.4. The van der Waals surface area contributed by atoms with Gasteiger partial charge in [0, 0.05) is 12.6 Å². The summed E-state index contributed by atoms with van der Waals surface area (Å²) in [6, 6.07) is 3.09. The largest absolute Gasteiger partial charge is 0.387 e. The minimum Gasteiger partial charge on any atom is -0.387 e. The zero-order valence-electron chi connectivity index (χ0n) is 10.1. The molecule has 1 aromatic carbocycles. The quantitative estimate of drug-likeness (QED) is 0.860. The number of halogens is 2. The first-order chi connectivity index (χ1) is 8.89. The van der Waals surface area contributed by atoms with Gasteiger partial charge in [0.05, 0.1) is 23.2 Å². The molecule has 0 aliphatic carbocycles. The average molecular weight is 291 g/mol. The van der Waals surface area contributed by atoms with Crippen LogP contribution in [-0.2, 0) is 9.84 Å². The number of sulfone groups is 1. The molecule has 106 valence electrons. The lowest BCUT2D eigenvalue weighted by atomic mass is 10.1. The molecule has 1 aliphatic heterocycles. The zero-order valence-corrected chi connectivity index (χ0v) is 11.0. The molecule has 2 atom stereocenters. The van der Waals surface area contributed by atoms with Crippen LogP contribution in [0.1, 0.15) is 18.1 Å². The number of aliphatic hydroxyl groups is 1. The Bertz CT molecular complexity index is 542. The SMILES string of the molecule is O=S1(=O)CCC(NCC(O)c2c(F)cccc2F)C1. The second-order valence-electron chi connectivity index (χ2n) is 4.66. The Labute approximate surface area is 110 Å². The predicted molar refractivity (Wildman–Crippen MR) is 66.4 cm³/mol.